The molecule has 1 aromatic carbocycles. The van der Waals surface area contributed by atoms with E-state index in [0.29, 0.717) is 24.0 Å². The number of nitrogens with zero attached hydrogens (tertiary/aromatic N) is 2. The largest absolute Gasteiger partial charge is 0.482 e. The zero-order chi connectivity index (χ0) is 38.9. The van der Waals surface area contributed by atoms with Crippen molar-refractivity contribution in [2.75, 3.05) is 6.61 Å². The number of esters is 1. The van der Waals surface area contributed by atoms with Crippen molar-refractivity contribution in [3.63, 3.8) is 0 Å². The third kappa shape index (κ3) is 6.23. The van der Waals surface area contributed by atoms with E-state index in [1.54, 1.807) is 37.5 Å². The van der Waals surface area contributed by atoms with Gasteiger partial charge in [-0.1, -0.05) is 55.4 Å². The predicted octanol–water partition coefficient (Wildman–Crippen LogP) is 7.82. The van der Waals surface area contributed by atoms with E-state index in [1.165, 1.54) is 24.3 Å². The molecule has 284 valence electrons. The minimum atomic E-state index is -3.99. The number of aromatic nitrogens is 1. The predicted molar refractivity (Wildman–Crippen MR) is 198 cm³/mol. The number of halogens is 1. The number of ether oxygens (including phenoxy) is 2. The van der Waals surface area contributed by atoms with Crippen LogP contribution in [0.3, 0.4) is 0 Å². The Hall–Kier alpha value is -3.89. The van der Waals surface area contributed by atoms with Crippen LogP contribution in [-0.4, -0.2) is 54.2 Å². The molecule has 8 atom stereocenters. The van der Waals surface area contributed by atoms with E-state index >= 15 is 4.11 Å². The van der Waals surface area contributed by atoms with E-state index in [-0.39, 0.29) is 35.7 Å². The normalized spacial score (nSPS) is 31.3. The Morgan fingerprint density at radius 3 is 2.34 bits per heavy atom. The highest BCUT2D eigenvalue weighted by molar-refractivity contribution is 6.72. The first-order valence-corrected chi connectivity index (χ1v) is 20.1. The molecule has 0 amide bonds. The molecule has 3 aromatic rings. The van der Waals surface area contributed by atoms with E-state index in [4.69, 9.17) is 18.3 Å². The van der Waals surface area contributed by atoms with Crippen molar-refractivity contribution in [3.05, 3.63) is 82.0 Å². The van der Waals surface area contributed by atoms with Gasteiger partial charge in [0.1, 0.15) is 28.8 Å². The minimum absolute atomic E-state index is 0.0427. The molecular weight excluding hydrogens is 696 g/mol. The molecule has 0 saturated heterocycles. The van der Waals surface area contributed by atoms with Gasteiger partial charge in [0.15, 0.2) is 0 Å². The van der Waals surface area contributed by atoms with Gasteiger partial charge in [0.2, 0.25) is 0 Å². The van der Waals surface area contributed by atoms with Crippen molar-refractivity contribution in [3.8, 4) is 23.1 Å². The molecule has 0 bridgehead atoms. The topological polar surface area (TPSA) is 152 Å². The molecule has 0 unspecified atom stereocenters. The number of aliphatic hydroxyl groups is 2. The molecular formula is C41H51FN2O8Si. The molecule has 2 N–H and O–H groups in total. The lowest BCUT2D eigenvalue weighted by Crippen LogP contribution is -2.71. The number of benzene rings is 1. The van der Waals surface area contributed by atoms with Gasteiger partial charge in [-0.25, -0.2) is 9.59 Å². The van der Waals surface area contributed by atoms with Crippen LogP contribution in [-0.2, 0) is 9.16 Å². The lowest BCUT2D eigenvalue weighted by molar-refractivity contribution is -0.263. The number of nitriles is 1. The maximum Gasteiger partial charge on any atom is 0.394 e. The van der Waals surface area contributed by atoms with Crippen LogP contribution in [0.1, 0.15) is 109 Å². The maximum absolute atomic E-state index is 17.3. The van der Waals surface area contributed by atoms with Crippen molar-refractivity contribution in [2.45, 2.75) is 116 Å². The molecule has 2 fully saturated rings. The average Bonchev–Trinajstić information content (AvgIpc) is 3.09. The van der Waals surface area contributed by atoms with Gasteiger partial charge in [-0.2, -0.15) is 5.26 Å². The van der Waals surface area contributed by atoms with E-state index in [9.17, 15) is 25.1 Å². The summed E-state index contributed by atoms with van der Waals surface area (Å²) in [6, 6.07) is 13.1. The summed E-state index contributed by atoms with van der Waals surface area (Å²) < 4.78 is 42.7. The Balaban J connectivity index is 1.48. The van der Waals surface area contributed by atoms with E-state index in [1.807, 2.05) is 61.5 Å². The first kappa shape index (κ1) is 38.8. The number of hydrogen-bond donors (Lipinski definition) is 2. The Morgan fingerprint density at radius 2 is 1.75 bits per heavy atom. The number of aliphatic hydroxyl groups excluding tert-OH is 2. The van der Waals surface area contributed by atoms with Crippen LogP contribution in [0, 0.1) is 34.0 Å². The fourth-order valence-corrected chi connectivity index (χ4v) is 13.5. The summed E-state index contributed by atoms with van der Waals surface area (Å²) >= 11 is 0. The van der Waals surface area contributed by atoms with Crippen LogP contribution < -0.4 is 10.4 Å². The number of hydrogen-bond acceptors (Lipinski definition) is 10. The summed E-state index contributed by atoms with van der Waals surface area (Å²) in [4.78, 5) is 31.8. The first-order valence-electron chi connectivity index (χ1n) is 18.3. The van der Waals surface area contributed by atoms with Crippen molar-refractivity contribution in [1.82, 2.24) is 4.98 Å². The van der Waals surface area contributed by atoms with Crippen molar-refractivity contribution < 1.29 is 37.4 Å². The summed E-state index contributed by atoms with van der Waals surface area (Å²) in [5.41, 5.74) is -2.93. The van der Waals surface area contributed by atoms with Gasteiger partial charge in [-0.3, -0.25) is 9.09 Å². The highest BCUT2D eigenvalue weighted by Crippen LogP contribution is 2.67. The quantitative estimate of drug-likeness (QED) is 0.145. The number of fused-ring (bicyclic) bond motifs is 4. The maximum atomic E-state index is 17.3. The first-order chi connectivity index (χ1) is 24.6. The highest BCUT2D eigenvalue weighted by atomic mass is 28.4. The second kappa shape index (κ2) is 13.1. The highest BCUT2D eigenvalue weighted by Gasteiger charge is 2.71. The van der Waals surface area contributed by atoms with Crippen LogP contribution >= 0.6 is 0 Å². The van der Waals surface area contributed by atoms with Crippen molar-refractivity contribution in [2.24, 2.45) is 22.7 Å². The zero-order valence-electron chi connectivity index (χ0n) is 32.0. The van der Waals surface area contributed by atoms with E-state index < -0.39 is 76.9 Å². The van der Waals surface area contributed by atoms with E-state index in [2.05, 4.69) is 4.98 Å². The summed E-state index contributed by atoms with van der Waals surface area (Å²) in [5.74, 6) is -1.69. The SMILES string of the molecule is CC(C)(C)[Si](F)(OC[C@@]1(C)[C@@H]2C[C@H](OC(=O)c3ccc(C#N)cc3)[C@@]3(C)Oc4cc(-c5cccnc5)oc(=O)c4[C@H](O)[C@@H]3[C@@]2(C)CC[C@@H]1O)C(C)(C)C. The Bertz CT molecular complexity index is 1950. The molecule has 10 nitrogen and oxygen atoms in total. The molecule has 0 radical (unpaired) electrons. The lowest BCUT2D eigenvalue weighted by Gasteiger charge is -2.66. The van der Waals surface area contributed by atoms with Gasteiger partial charge < -0.3 is 28.5 Å². The van der Waals surface area contributed by atoms with Crippen LogP contribution in [0.2, 0.25) is 10.1 Å². The standard InChI is InChI=1S/C41H51FN2O8Si/c1-37(2,3)53(42,38(4,5)6)49-23-40(8)29-20-31(51-35(47)25-14-12-24(21-43)13-15-25)41(9)34(39(29,7)17-16-30(40)45)33(46)32-28(52-41)19-27(50-36(32)48)26-11-10-18-44-22-26/h10-15,18-19,22,29-31,33-34,45-46H,16-17,20,23H2,1-9H3/t29-,30+,31+,33+,34-,39+,40+,41-/m1/s1. The lowest BCUT2D eigenvalue weighted by atomic mass is 9.42. The summed E-state index contributed by atoms with van der Waals surface area (Å²) in [5, 5.41) is 32.0. The molecule has 3 heterocycles. The third-order valence-electron chi connectivity index (χ3n) is 12.6. The molecule has 12 heteroatoms. The number of pyridine rings is 1. The van der Waals surface area contributed by atoms with Crippen LogP contribution in [0.5, 0.6) is 5.75 Å². The summed E-state index contributed by atoms with van der Waals surface area (Å²) in [7, 11) is -3.99. The van der Waals surface area contributed by atoms with Gasteiger partial charge in [0, 0.05) is 52.0 Å². The number of carbonyl (C=O) groups is 1. The van der Waals surface area contributed by atoms with Crippen molar-refractivity contribution >= 4 is 14.6 Å². The van der Waals surface area contributed by atoms with Gasteiger partial charge in [-0.15, -0.1) is 0 Å². The summed E-state index contributed by atoms with van der Waals surface area (Å²) in [6.45, 7) is 16.7. The van der Waals surface area contributed by atoms with Gasteiger partial charge in [0.05, 0.1) is 29.4 Å². The molecule has 2 aliphatic carbocycles. The Labute approximate surface area is 311 Å². The molecule has 2 saturated carbocycles. The second-order valence-corrected chi connectivity index (χ2v) is 22.4. The Kier molecular flexibility index (Phi) is 9.63. The van der Waals surface area contributed by atoms with Gasteiger partial charge >= 0.3 is 20.2 Å². The molecule has 6 rings (SSSR count). The number of rotatable bonds is 6. The van der Waals surface area contributed by atoms with Crippen LogP contribution in [0.4, 0.5) is 4.11 Å². The van der Waals surface area contributed by atoms with Gasteiger partial charge in [0.25, 0.3) is 0 Å². The Morgan fingerprint density at radius 1 is 1.09 bits per heavy atom. The minimum Gasteiger partial charge on any atom is -0.482 e. The molecule has 53 heavy (non-hydrogen) atoms. The van der Waals surface area contributed by atoms with E-state index in [0.717, 1.165) is 0 Å². The average molecular weight is 747 g/mol. The monoisotopic (exact) mass is 746 g/mol. The fraction of sp³-hybridized carbons (Fsp3) is 0.561. The zero-order valence-corrected chi connectivity index (χ0v) is 33.0. The molecule has 0 spiro atoms. The molecule has 2 aromatic heterocycles. The fourth-order valence-electron chi connectivity index (χ4n) is 9.89. The third-order valence-corrected chi connectivity index (χ3v) is 17.0. The van der Waals surface area contributed by atoms with Crippen LogP contribution in [0.25, 0.3) is 11.3 Å². The number of carbonyl (C=O) groups excluding carboxylic acids is 1. The molecule has 3 aliphatic rings. The summed E-state index contributed by atoms with van der Waals surface area (Å²) in [6.07, 6.45) is 0.782. The smallest absolute Gasteiger partial charge is 0.394 e. The van der Waals surface area contributed by atoms with Crippen LogP contribution in [0.15, 0.2) is 64.1 Å². The van der Waals surface area contributed by atoms with Crippen molar-refractivity contribution in [1.29, 1.82) is 5.26 Å². The molecule has 1 aliphatic heterocycles. The van der Waals surface area contributed by atoms with Gasteiger partial charge in [-0.05, 0) is 73.9 Å². The second-order valence-electron chi connectivity index (χ2n) is 17.9.